The average Bonchev–Trinajstić information content (AvgIpc) is 2.92. The smallest absolute Gasteiger partial charge is 0.119 e. The summed E-state index contributed by atoms with van der Waals surface area (Å²) < 4.78 is 7.38. The van der Waals surface area contributed by atoms with Crippen molar-refractivity contribution in [3.63, 3.8) is 0 Å². The maximum atomic E-state index is 5.30. The molecular formula is C17H25N3O. The Bertz CT molecular complexity index is 604. The molecule has 0 aliphatic carbocycles. The van der Waals surface area contributed by atoms with E-state index in [0.717, 1.165) is 24.4 Å². The third kappa shape index (κ3) is 3.10. The van der Waals surface area contributed by atoms with Gasteiger partial charge in [0.25, 0.3) is 0 Å². The van der Waals surface area contributed by atoms with Gasteiger partial charge in [0.15, 0.2) is 0 Å². The second-order valence-electron chi connectivity index (χ2n) is 5.17. The first-order valence-electron chi connectivity index (χ1n) is 7.52. The van der Waals surface area contributed by atoms with E-state index >= 15 is 0 Å². The minimum Gasteiger partial charge on any atom is -0.497 e. The lowest BCUT2D eigenvalue weighted by Crippen LogP contribution is -2.22. The lowest BCUT2D eigenvalue weighted by Gasteiger charge is -2.20. The number of hydrogen-bond donors (Lipinski definition) is 1. The van der Waals surface area contributed by atoms with Crippen LogP contribution in [0.1, 0.15) is 42.4 Å². The molecule has 0 saturated carbocycles. The Kier molecular flexibility index (Phi) is 5.02. The van der Waals surface area contributed by atoms with E-state index in [0.29, 0.717) is 0 Å². The SMILES string of the molecule is CCc1cc(C(NC)c2ccc(OC)cc2C)n(CC)n1. The number of nitrogens with zero attached hydrogens (tertiary/aromatic N) is 2. The molecule has 1 aromatic carbocycles. The van der Waals surface area contributed by atoms with Crippen molar-refractivity contribution in [3.8, 4) is 5.75 Å². The normalized spacial score (nSPS) is 12.4. The number of nitrogens with one attached hydrogen (secondary N) is 1. The van der Waals surface area contributed by atoms with Crippen LogP contribution in [0.15, 0.2) is 24.3 Å². The topological polar surface area (TPSA) is 39.1 Å². The lowest BCUT2D eigenvalue weighted by atomic mass is 9.98. The van der Waals surface area contributed by atoms with Crippen molar-refractivity contribution in [2.45, 2.75) is 39.8 Å². The quantitative estimate of drug-likeness (QED) is 0.887. The molecule has 2 rings (SSSR count). The Morgan fingerprint density at radius 2 is 2.05 bits per heavy atom. The summed E-state index contributed by atoms with van der Waals surface area (Å²) in [7, 11) is 3.69. The molecule has 0 aliphatic rings. The molecule has 1 N–H and O–H groups in total. The number of aromatic nitrogens is 2. The second-order valence-corrected chi connectivity index (χ2v) is 5.17. The van der Waals surface area contributed by atoms with E-state index in [1.807, 2.05) is 13.1 Å². The summed E-state index contributed by atoms with van der Waals surface area (Å²) >= 11 is 0. The summed E-state index contributed by atoms with van der Waals surface area (Å²) in [6.07, 6.45) is 0.956. The summed E-state index contributed by atoms with van der Waals surface area (Å²) in [6.45, 7) is 7.26. The third-order valence-corrected chi connectivity index (χ3v) is 3.90. The Balaban J connectivity index is 2.46. The van der Waals surface area contributed by atoms with Crippen molar-refractivity contribution in [2.75, 3.05) is 14.2 Å². The maximum absolute atomic E-state index is 5.30. The predicted octanol–water partition coefficient (Wildman–Crippen LogP) is 3.09. The number of benzene rings is 1. The molecule has 0 aliphatic heterocycles. The predicted molar refractivity (Wildman–Crippen MR) is 85.9 cm³/mol. The first-order valence-corrected chi connectivity index (χ1v) is 7.52. The number of rotatable bonds is 6. The molecule has 4 nitrogen and oxygen atoms in total. The van der Waals surface area contributed by atoms with Gasteiger partial charge in [-0.3, -0.25) is 4.68 Å². The zero-order valence-electron chi connectivity index (χ0n) is 13.6. The van der Waals surface area contributed by atoms with Crippen LogP contribution in [0.5, 0.6) is 5.75 Å². The van der Waals surface area contributed by atoms with Crippen LogP contribution in [-0.4, -0.2) is 23.9 Å². The van der Waals surface area contributed by atoms with Gasteiger partial charge in [0, 0.05) is 6.54 Å². The molecule has 0 fully saturated rings. The molecule has 21 heavy (non-hydrogen) atoms. The average molecular weight is 287 g/mol. The summed E-state index contributed by atoms with van der Waals surface area (Å²) in [6, 6.07) is 8.57. The van der Waals surface area contributed by atoms with Crippen molar-refractivity contribution in [2.24, 2.45) is 0 Å². The van der Waals surface area contributed by atoms with Crippen LogP contribution < -0.4 is 10.1 Å². The van der Waals surface area contributed by atoms with Crippen LogP contribution in [0.2, 0.25) is 0 Å². The van der Waals surface area contributed by atoms with Gasteiger partial charge in [0.1, 0.15) is 5.75 Å². The fourth-order valence-corrected chi connectivity index (χ4v) is 2.71. The molecule has 1 atom stereocenters. The van der Waals surface area contributed by atoms with Crippen molar-refractivity contribution >= 4 is 0 Å². The molecule has 114 valence electrons. The van der Waals surface area contributed by atoms with Crippen LogP contribution in [0, 0.1) is 6.92 Å². The number of methoxy groups -OCH3 is 1. The number of aryl methyl sites for hydroxylation is 3. The Morgan fingerprint density at radius 1 is 1.29 bits per heavy atom. The first-order chi connectivity index (χ1) is 10.1. The fourth-order valence-electron chi connectivity index (χ4n) is 2.71. The standard InChI is InChI=1S/C17H25N3O/c1-6-13-11-16(20(7-2)19-13)17(18-4)15-9-8-14(21-5)10-12(15)3/h8-11,17-18H,6-7H2,1-5H3. The minimum absolute atomic E-state index is 0.142. The van der Waals surface area contributed by atoms with Crippen LogP contribution in [0.3, 0.4) is 0 Å². The zero-order valence-corrected chi connectivity index (χ0v) is 13.6. The molecule has 1 unspecified atom stereocenters. The summed E-state index contributed by atoms with van der Waals surface area (Å²) in [5.41, 5.74) is 4.83. The van der Waals surface area contributed by atoms with Crippen molar-refractivity contribution < 1.29 is 4.74 Å². The molecule has 0 amide bonds. The molecule has 0 bridgehead atoms. The van der Waals surface area contributed by atoms with Gasteiger partial charge in [0.2, 0.25) is 0 Å². The highest BCUT2D eigenvalue weighted by atomic mass is 16.5. The van der Waals surface area contributed by atoms with E-state index in [-0.39, 0.29) is 6.04 Å². The summed E-state index contributed by atoms with van der Waals surface area (Å²) in [5.74, 6) is 0.893. The molecule has 0 saturated heterocycles. The van der Waals surface area contributed by atoms with Crippen LogP contribution in [0.4, 0.5) is 0 Å². The van der Waals surface area contributed by atoms with Gasteiger partial charge >= 0.3 is 0 Å². The van der Waals surface area contributed by atoms with Crippen molar-refractivity contribution in [1.29, 1.82) is 0 Å². The maximum Gasteiger partial charge on any atom is 0.119 e. The molecular weight excluding hydrogens is 262 g/mol. The summed E-state index contributed by atoms with van der Waals surface area (Å²) in [4.78, 5) is 0. The van der Waals surface area contributed by atoms with E-state index in [4.69, 9.17) is 4.74 Å². The van der Waals surface area contributed by atoms with Gasteiger partial charge in [-0.25, -0.2) is 0 Å². The second kappa shape index (κ2) is 6.76. The first kappa shape index (κ1) is 15.6. The third-order valence-electron chi connectivity index (χ3n) is 3.90. The van der Waals surface area contributed by atoms with Gasteiger partial charge in [-0.1, -0.05) is 13.0 Å². The van der Waals surface area contributed by atoms with E-state index in [9.17, 15) is 0 Å². The van der Waals surface area contributed by atoms with Crippen LogP contribution in [0.25, 0.3) is 0 Å². The van der Waals surface area contributed by atoms with Gasteiger partial charge in [-0.15, -0.1) is 0 Å². The van der Waals surface area contributed by atoms with Gasteiger partial charge in [-0.05, 0) is 56.6 Å². The van der Waals surface area contributed by atoms with Crippen LogP contribution >= 0.6 is 0 Å². The largest absolute Gasteiger partial charge is 0.497 e. The van der Waals surface area contributed by atoms with Gasteiger partial charge in [-0.2, -0.15) is 5.10 Å². The summed E-state index contributed by atoms with van der Waals surface area (Å²) in [5, 5.41) is 8.08. The molecule has 0 radical (unpaired) electrons. The highest BCUT2D eigenvalue weighted by Gasteiger charge is 2.19. The Morgan fingerprint density at radius 3 is 2.57 bits per heavy atom. The van der Waals surface area contributed by atoms with Gasteiger partial charge < -0.3 is 10.1 Å². The van der Waals surface area contributed by atoms with Crippen LogP contribution in [-0.2, 0) is 13.0 Å². The Labute approximate surface area is 127 Å². The van der Waals surface area contributed by atoms with Gasteiger partial charge in [0.05, 0.1) is 24.5 Å². The lowest BCUT2D eigenvalue weighted by molar-refractivity contribution is 0.414. The minimum atomic E-state index is 0.142. The highest BCUT2D eigenvalue weighted by Crippen LogP contribution is 2.28. The monoisotopic (exact) mass is 287 g/mol. The molecule has 1 heterocycles. The number of hydrogen-bond acceptors (Lipinski definition) is 3. The molecule has 1 aromatic heterocycles. The fraction of sp³-hybridized carbons (Fsp3) is 0.471. The Hall–Kier alpha value is -1.81. The highest BCUT2D eigenvalue weighted by molar-refractivity contribution is 5.40. The molecule has 0 spiro atoms. The van der Waals surface area contributed by atoms with Crippen molar-refractivity contribution in [1.82, 2.24) is 15.1 Å². The van der Waals surface area contributed by atoms with Crippen molar-refractivity contribution in [3.05, 3.63) is 46.8 Å². The van der Waals surface area contributed by atoms with E-state index in [2.05, 4.69) is 54.1 Å². The molecule has 2 aromatic rings. The molecule has 4 heteroatoms. The van der Waals surface area contributed by atoms with E-state index in [1.54, 1.807) is 7.11 Å². The zero-order chi connectivity index (χ0) is 15.4. The van der Waals surface area contributed by atoms with E-state index in [1.165, 1.54) is 16.8 Å². The van der Waals surface area contributed by atoms with E-state index < -0.39 is 0 Å². The number of ether oxygens (including phenoxy) is 1.